The smallest absolute Gasteiger partial charge is 0.226 e. The highest BCUT2D eigenvalue weighted by molar-refractivity contribution is 5.82. The van der Waals surface area contributed by atoms with Crippen LogP contribution in [0, 0.1) is 5.92 Å². The Morgan fingerprint density at radius 2 is 1.97 bits per heavy atom. The predicted molar refractivity (Wildman–Crippen MR) is 112 cm³/mol. The van der Waals surface area contributed by atoms with E-state index in [0.717, 1.165) is 62.6 Å². The molecule has 0 saturated carbocycles. The quantitative estimate of drug-likeness (QED) is 0.685. The first kappa shape index (κ1) is 18.1. The maximum absolute atomic E-state index is 12.6. The van der Waals surface area contributed by atoms with Crippen molar-refractivity contribution >= 4 is 17.4 Å². The van der Waals surface area contributed by atoms with Crippen LogP contribution >= 0.6 is 0 Å². The molecule has 0 bridgehead atoms. The molecular weight excluding hydrogens is 364 g/mol. The molecule has 1 fully saturated rings. The molecule has 5 rings (SSSR count). The Kier molecular flexibility index (Phi) is 4.89. The van der Waals surface area contributed by atoms with E-state index < -0.39 is 0 Å². The lowest BCUT2D eigenvalue weighted by atomic mass is 9.97. The van der Waals surface area contributed by atoms with Gasteiger partial charge >= 0.3 is 0 Å². The fourth-order valence-corrected chi connectivity index (χ4v) is 4.28. The van der Waals surface area contributed by atoms with Crippen molar-refractivity contribution in [3.63, 3.8) is 0 Å². The van der Waals surface area contributed by atoms with Crippen LogP contribution in [0.3, 0.4) is 0 Å². The summed E-state index contributed by atoms with van der Waals surface area (Å²) in [7, 11) is 0. The van der Waals surface area contributed by atoms with Crippen LogP contribution in [0.2, 0.25) is 0 Å². The number of benzene rings is 1. The Morgan fingerprint density at radius 1 is 1.14 bits per heavy atom. The van der Waals surface area contributed by atoms with Crippen LogP contribution in [0.4, 0.5) is 5.82 Å². The van der Waals surface area contributed by atoms with Gasteiger partial charge in [0.25, 0.3) is 0 Å². The lowest BCUT2D eigenvalue weighted by molar-refractivity contribution is -0.125. The van der Waals surface area contributed by atoms with Crippen molar-refractivity contribution in [3.8, 4) is 0 Å². The van der Waals surface area contributed by atoms with E-state index in [4.69, 9.17) is 4.98 Å². The number of hydrogen-bond donors (Lipinski definition) is 2. The van der Waals surface area contributed by atoms with Gasteiger partial charge in [0.05, 0.1) is 17.8 Å². The average molecular weight is 390 g/mol. The van der Waals surface area contributed by atoms with Gasteiger partial charge in [-0.15, -0.1) is 0 Å². The third-order valence-electron chi connectivity index (χ3n) is 5.89. The first-order valence-electron chi connectivity index (χ1n) is 10.4. The van der Waals surface area contributed by atoms with Crippen LogP contribution < -0.4 is 15.5 Å². The second-order valence-electron chi connectivity index (χ2n) is 7.84. The number of aromatic nitrogens is 3. The number of hydrogen-bond acceptors (Lipinski definition) is 5. The summed E-state index contributed by atoms with van der Waals surface area (Å²) in [5, 5.41) is 11.1. The minimum atomic E-state index is 0.0316. The van der Waals surface area contributed by atoms with Crippen molar-refractivity contribution in [2.45, 2.75) is 19.3 Å². The van der Waals surface area contributed by atoms with Crippen molar-refractivity contribution in [1.82, 2.24) is 25.2 Å². The number of nitrogens with one attached hydrogen (secondary N) is 2. The standard InChI is InChI=1S/C22H26N6O/c29-21(24-12-6-16-4-2-1-3-5-16)17-14-27(15-17)22-18-7-10-23-11-8-19(18)26-20-9-13-25-28(20)22/h1-5,9,13,17,23H,6-8,10-12,14-15H2,(H,24,29). The molecule has 1 saturated heterocycles. The molecule has 0 spiro atoms. The highest BCUT2D eigenvalue weighted by Gasteiger charge is 2.36. The summed E-state index contributed by atoms with van der Waals surface area (Å²) in [6, 6.07) is 12.2. The van der Waals surface area contributed by atoms with Gasteiger partial charge in [-0.3, -0.25) is 4.79 Å². The van der Waals surface area contributed by atoms with Crippen molar-refractivity contribution in [2.24, 2.45) is 5.92 Å². The zero-order valence-electron chi connectivity index (χ0n) is 16.5. The van der Waals surface area contributed by atoms with Gasteiger partial charge in [-0.2, -0.15) is 9.61 Å². The van der Waals surface area contributed by atoms with E-state index in [9.17, 15) is 4.79 Å². The fourth-order valence-electron chi connectivity index (χ4n) is 4.28. The van der Waals surface area contributed by atoms with Gasteiger partial charge in [0.2, 0.25) is 5.91 Å². The lowest BCUT2D eigenvalue weighted by Gasteiger charge is -2.41. The van der Waals surface area contributed by atoms with Gasteiger partial charge < -0.3 is 15.5 Å². The molecule has 0 aliphatic carbocycles. The number of fused-ring (bicyclic) bond motifs is 2. The zero-order valence-corrected chi connectivity index (χ0v) is 16.5. The Bertz CT molecular complexity index is 1010. The molecule has 2 aliphatic rings. The van der Waals surface area contributed by atoms with E-state index in [0.29, 0.717) is 6.54 Å². The topological polar surface area (TPSA) is 74.6 Å². The van der Waals surface area contributed by atoms with Gasteiger partial charge in [-0.25, -0.2) is 4.98 Å². The third kappa shape index (κ3) is 3.58. The maximum atomic E-state index is 12.6. The van der Waals surface area contributed by atoms with Crippen LogP contribution in [0.1, 0.15) is 16.8 Å². The monoisotopic (exact) mass is 390 g/mol. The molecule has 3 aromatic rings. The molecule has 0 unspecified atom stereocenters. The normalized spacial score (nSPS) is 16.9. The summed E-state index contributed by atoms with van der Waals surface area (Å²) in [6.07, 6.45) is 4.54. The van der Waals surface area contributed by atoms with Gasteiger partial charge in [0.1, 0.15) is 5.82 Å². The van der Waals surface area contributed by atoms with Crippen molar-refractivity contribution in [2.75, 3.05) is 37.6 Å². The third-order valence-corrected chi connectivity index (χ3v) is 5.89. The van der Waals surface area contributed by atoms with Gasteiger partial charge in [-0.05, 0) is 24.9 Å². The molecule has 4 heterocycles. The molecule has 1 amide bonds. The number of rotatable bonds is 5. The Hall–Kier alpha value is -2.93. The SMILES string of the molecule is O=C(NCCc1ccccc1)C1CN(c2c3c(nc4ccnn24)CCNCC3)C1. The molecule has 2 aliphatic heterocycles. The first-order chi connectivity index (χ1) is 14.3. The van der Waals surface area contributed by atoms with E-state index in [1.54, 1.807) is 6.20 Å². The van der Waals surface area contributed by atoms with Gasteiger partial charge in [-0.1, -0.05) is 30.3 Å². The second-order valence-corrected chi connectivity index (χ2v) is 7.84. The van der Waals surface area contributed by atoms with E-state index in [-0.39, 0.29) is 11.8 Å². The molecule has 1 aromatic carbocycles. The highest BCUT2D eigenvalue weighted by atomic mass is 16.2. The number of anilines is 1. The molecule has 2 aromatic heterocycles. The van der Waals surface area contributed by atoms with E-state index in [1.165, 1.54) is 11.1 Å². The minimum Gasteiger partial charge on any atom is -0.355 e. The predicted octanol–water partition coefficient (Wildman–Crippen LogP) is 1.21. The molecule has 7 heteroatoms. The number of nitrogens with zero attached hydrogens (tertiary/aromatic N) is 4. The summed E-state index contributed by atoms with van der Waals surface area (Å²) in [6.45, 7) is 4.05. The molecule has 0 radical (unpaired) electrons. The van der Waals surface area contributed by atoms with Gasteiger partial charge in [0.15, 0.2) is 5.65 Å². The Balaban J connectivity index is 1.26. The average Bonchev–Trinajstić information content (AvgIpc) is 3.04. The minimum absolute atomic E-state index is 0.0316. The number of carbonyl (C=O) groups is 1. The van der Waals surface area contributed by atoms with Crippen LogP contribution in [-0.4, -0.2) is 53.2 Å². The lowest BCUT2D eigenvalue weighted by Crippen LogP contribution is -2.55. The summed E-state index contributed by atoms with van der Waals surface area (Å²) in [5.41, 5.74) is 4.57. The summed E-state index contributed by atoms with van der Waals surface area (Å²) in [5.74, 6) is 1.30. The molecule has 2 N–H and O–H groups in total. The highest BCUT2D eigenvalue weighted by Crippen LogP contribution is 2.31. The summed E-state index contributed by atoms with van der Waals surface area (Å²) < 4.78 is 1.94. The van der Waals surface area contributed by atoms with Crippen molar-refractivity contribution in [3.05, 3.63) is 59.4 Å². The molecule has 0 atom stereocenters. The van der Waals surface area contributed by atoms with Crippen LogP contribution in [0.25, 0.3) is 5.65 Å². The van der Waals surface area contributed by atoms with E-state index in [1.807, 2.05) is 28.8 Å². The van der Waals surface area contributed by atoms with Gasteiger partial charge in [0, 0.05) is 44.2 Å². The molecule has 29 heavy (non-hydrogen) atoms. The van der Waals surface area contributed by atoms with Crippen molar-refractivity contribution in [1.29, 1.82) is 0 Å². The summed E-state index contributed by atoms with van der Waals surface area (Å²) >= 11 is 0. The number of amides is 1. The van der Waals surface area contributed by atoms with Crippen LogP contribution in [0.15, 0.2) is 42.6 Å². The second kappa shape index (κ2) is 7.83. The van der Waals surface area contributed by atoms with E-state index >= 15 is 0 Å². The Morgan fingerprint density at radius 3 is 2.83 bits per heavy atom. The maximum Gasteiger partial charge on any atom is 0.226 e. The van der Waals surface area contributed by atoms with Crippen molar-refractivity contribution < 1.29 is 4.79 Å². The first-order valence-corrected chi connectivity index (χ1v) is 10.4. The fraction of sp³-hybridized carbons (Fsp3) is 0.409. The zero-order chi connectivity index (χ0) is 19.6. The Labute approximate surface area is 170 Å². The van der Waals surface area contributed by atoms with Crippen LogP contribution in [0.5, 0.6) is 0 Å². The molecular formula is C22H26N6O. The number of carbonyl (C=O) groups excluding carboxylic acids is 1. The summed E-state index contributed by atoms with van der Waals surface area (Å²) in [4.78, 5) is 19.7. The van der Waals surface area contributed by atoms with Crippen LogP contribution in [-0.2, 0) is 24.1 Å². The van der Waals surface area contributed by atoms with E-state index in [2.05, 4.69) is 32.8 Å². The largest absolute Gasteiger partial charge is 0.355 e. The molecule has 7 nitrogen and oxygen atoms in total. The molecule has 150 valence electrons.